The largest absolute Gasteiger partial charge is 1.00 e. The van der Waals surface area contributed by atoms with Crippen molar-refractivity contribution in [3.63, 3.8) is 0 Å². The Morgan fingerprint density at radius 3 is 1.56 bits per heavy atom. The van der Waals surface area contributed by atoms with Crippen LogP contribution in [-0.2, 0) is 0 Å². The highest BCUT2D eigenvalue weighted by atomic mass is 79.9. The van der Waals surface area contributed by atoms with Gasteiger partial charge in [-0.3, -0.25) is 4.48 Å². The van der Waals surface area contributed by atoms with Crippen molar-refractivity contribution >= 4 is 0 Å². The van der Waals surface area contributed by atoms with Gasteiger partial charge in [0.05, 0.1) is 19.4 Å². The van der Waals surface area contributed by atoms with Gasteiger partial charge in [-0.1, -0.05) is 26.8 Å². The predicted molar refractivity (Wildman–Crippen MR) is 69.3 cm³/mol. The van der Waals surface area contributed by atoms with Crippen LogP contribution in [0.3, 0.4) is 0 Å². The molecule has 0 heterocycles. The van der Waals surface area contributed by atoms with E-state index < -0.39 is 0 Å². The van der Waals surface area contributed by atoms with Crippen molar-refractivity contribution in [3.05, 3.63) is 36.7 Å². The Balaban J connectivity index is 0. The smallest absolute Gasteiger partial charge is 0.106 e. The van der Waals surface area contributed by atoms with Gasteiger partial charge in [-0.15, -0.1) is 0 Å². The SMILES string of the molecule is CC/C=C/C[N+](C)(/C=C/CC)/C=C/CC.[Br-]. The molecular weight excluding hydrogens is 262 g/mol. The lowest BCUT2D eigenvalue weighted by molar-refractivity contribution is -0.800. The highest BCUT2D eigenvalue weighted by molar-refractivity contribution is 4.86. The number of quaternary nitrogens is 1. The fourth-order valence-corrected chi connectivity index (χ4v) is 1.33. The number of allylic oxidation sites excluding steroid dienone is 3. The number of hydrogen-bond donors (Lipinski definition) is 0. The molecule has 16 heavy (non-hydrogen) atoms. The zero-order valence-corrected chi connectivity index (χ0v) is 12.7. The van der Waals surface area contributed by atoms with Crippen molar-refractivity contribution in [1.29, 1.82) is 0 Å². The molecule has 0 aliphatic carbocycles. The lowest BCUT2D eigenvalue weighted by atomic mass is 10.3. The third-order valence-corrected chi connectivity index (χ3v) is 2.26. The molecule has 0 saturated heterocycles. The van der Waals surface area contributed by atoms with Crippen LogP contribution in [0, 0.1) is 0 Å². The standard InChI is InChI=1S/C14H26N.BrH/c1-5-8-11-14-15(4,12-9-6-2)13-10-7-3;/h8-13H,5-7,14H2,1-4H3;1H/q+1;/p-1/b11-8+,12-9+,13-10+;. The van der Waals surface area contributed by atoms with Crippen LogP contribution in [0.1, 0.15) is 40.0 Å². The molecule has 0 fully saturated rings. The molecule has 1 nitrogen and oxygen atoms in total. The molecule has 0 aliphatic rings. The van der Waals surface area contributed by atoms with E-state index in [2.05, 4.69) is 64.5 Å². The van der Waals surface area contributed by atoms with Gasteiger partial charge in [0, 0.05) is 0 Å². The summed E-state index contributed by atoms with van der Waals surface area (Å²) in [6.45, 7) is 7.56. The Morgan fingerprint density at radius 2 is 1.19 bits per heavy atom. The van der Waals surface area contributed by atoms with Gasteiger partial charge in [0.2, 0.25) is 0 Å². The molecule has 0 bridgehead atoms. The quantitative estimate of drug-likeness (QED) is 0.488. The zero-order chi connectivity index (χ0) is 11.6. The van der Waals surface area contributed by atoms with Gasteiger partial charge in [0.1, 0.15) is 6.54 Å². The summed E-state index contributed by atoms with van der Waals surface area (Å²) in [7, 11) is 2.23. The molecule has 2 heteroatoms. The maximum Gasteiger partial charge on any atom is 0.106 e. The Bertz CT molecular complexity index is 215. The van der Waals surface area contributed by atoms with E-state index in [1.807, 2.05) is 0 Å². The first-order valence-electron chi connectivity index (χ1n) is 6.03. The number of nitrogens with zero attached hydrogens (tertiary/aromatic N) is 1. The first kappa shape index (κ1) is 18.0. The first-order valence-corrected chi connectivity index (χ1v) is 6.03. The first-order chi connectivity index (χ1) is 7.18. The molecule has 0 aliphatic heterocycles. The van der Waals surface area contributed by atoms with E-state index in [-0.39, 0.29) is 17.0 Å². The van der Waals surface area contributed by atoms with Crippen LogP contribution in [0.25, 0.3) is 0 Å². The lowest BCUT2D eigenvalue weighted by Gasteiger charge is -2.24. The number of likely N-dealkylation sites (N-methyl/N-ethyl adjacent to an activating group) is 1. The van der Waals surface area contributed by atoms with Crippen molar-refractivity contribution in [2.24, 2.45) is 0 Å². The summed E-state index contributed by atoms with van der Waals surface area (Å²) in [4.78, 5) is 0. The van der Waals surface area contributed by atoms with Gasteiger partial charge in [-0.05, 0) is 37.5 Å². The van der Waals surface area contributed by atoms with Crippen LogP contribution in [0.5, 0.6) is 0 Å². The molecule has 0 rings (SSSR count). The highest BCUT2D eigenvalue weighted by Gasteiger charge is 2.11. The summed E-state index contributed by atoms with van der Waals surface area (Å²) < 4.78 is 0.873. The molecule has 0 aromatic rings. The molecule has 94 valence electrons. The summed E-state index contributed by atoms with van der Waals surface area (Å²) in [5.41, 5.74) is 0. The van der Waals surface area contributed by atoms with Gasteiger partial charge >= 0.3 is 0 Å². The molecule has 0 unspecified atom stereocenters. The van der Waals surface area contributed by atoms with Crippen molar-refractivity contribution in [1.82, 2.24) is 0 Å². The molecule has 0 atom stereocenters. The molecule has 0 radical (unpaired) electrons. The van der Waals surface area contributed by atoms with Gasteiger partial charge in [-0.25, -0.2) is 0 Å². The number of hydrogen-bond acceptors (Lipinski definition) is 0. The minimum atomic E-state index is 0. The minimum absolute atomic E-state index is 0. The number of rotatable bonds is 7. The van der Waals surface area contributed by atoms with Crippen molar-refractivity contribution < 1.29 is 21.5 Å². The highest BCUT2D eigenvalue weighted by Crippen LogP contribution is 2.07. The van der Waals surface area contributed by atoms with Crippen LogP contribution in [0.4, 0.5) is 0 Å². The maximum atomic E-state index is 2.27. The average molecular weight is 288 g/mol. The van der Waals surface area contributed by atoms with Gasteiger partial charge < -0.3 is 17.0 Å². The van der Waals surface area contributed by atoms with E-state index >= 15 is 0 Å². The van der Waals surface area contributed by atoms with E-state index in [0.29, 0.717) is 0 Å². The number of halogens is 1. The predicted octanol–water partition coefficient (Wildman–Crippen LogP) is 1.25. The van der Waals surface area contributed by atoms with Crippen LogP contribution in [0.15, 0.2) is 36.7 Å². The van der Waals surface area contributed by atoms with Gasteiger partial charge in [-0.2, -0.15) is 0 Å². The molecule has 0 amide bonds. The monoisotopic (exact) mass is 287 g/mol. The summed E-state index contributed by atoms with van der Waals surface area (Å²) in [6, 6.07) is 0. The van der Waals surface area contributed by atoms with Crippen molar-refractivity contribution in [2.45, 2.75) is 40.0 Å². The average Bonchev–Trinajstić information content (AvgIpc) is 2.24. The second kappa shape index (κ2) is 11.2. The lowest BCUT2D eigenvalue weighted by Crippen LogP contribution is -3.00. The van der Waals surface area contributed by atoms with Gasteiger partial charge in [0.15, 0.2) is 0 Å². The second-order valence-corrected chi connectivity index (χ2v) is 4.00. The Hall–Kier alpha value is -0.340. The van der Waals surface area contributed by atoms with E-state index in [1.54, 1.807) is 0 Å². The fourth-order valence-electron chi connectivity index (χ4n) is 1.33. The second-order valence-electron chi connectivity index (χ2n) is 4.00. The summed E-state index contributed by atoms with van der Waals surface area (Å²) in [5.74, 6) is 0. The van der Waals surface area contributed by atoms with E-state index in [0.717, 1.165) is 30.3 Å². The van der Waals surface area contributed by atoms with Gasteiger partial charge in [0.25, 0.3) is 0 Å². The third kappa shape index (κ3) is 8.93. The molecular formula is C14H26BrN. The molecule has 0 N–H and O–H groups in total. The van der Waals surface area contributed by atoms with Crippen molar-refractivity contribution in [2.75, 3.05) is 13.6 Å². The topological polar surface area (TPSA) is 0 Å². The summed E-state index contributed by atoms with van der Waals surface area (Å²) in [6.07, 6.45) is 16.8. The molecule has 0 aromatic carbocycles. The van der Waals surface area contributed by atoms with Crippen LogP contribution in [0.2, 0.25) is 0 Å². The molecule has 0 spiro atoms. The zero-order valence-electron chi connectivity index (χ0n) is 11.1. The minimum Gasteiger partial charge on any atom is -1.00 e. The fraction of sp³-hybridized carbons (Fsp3) is 0.571. The van der Waals surface area contributed by atoms with E-state index in [9.17, 15) is 0 Å². The Kier molecular flexibility index (Phi) is 12.6. The van der Waals surface area contributed by atoms with E-state index in [1.165, 1.54) is 0 Å². The maximum absolute atomic E-state index is 2.27. The van der Waals surface area contributed by atoms with Crippen LogP contribution < -0.4 is 17.0 Å². The Labute approximate surface area is 112 Å². The Morgan fingerprint density at radius 1 is 0.750 bits per heavy atom. The third-order valence-electron chi connectivity index (χ3n) is 2.26. The summed E-state index contributed by atoms with van der Waals surface area (Å²) in [5, 5.41) is 0. The normalized spacial score (nSPS) is 12.8. The van der Waals surface area contributed by atoms with Crippen LogP contribution >= 0.6 is 0 Å². The molecule has 0 aromatic heterocycles. The van der Waals surface area contributed by atoms with Crippen LogP contribution in [-0.4, -0.2) is 18.1 Å². The summed E-state index contributed by atoms with van der Waals surface area (Å²) >= 11 is 0. The van der Waals surface area contributed by atoms with Crippen molar-refractivity contribution in [3.8, 4) is 0 Å². The van der Waals surface area contributed by atoms with E-state index in [4.69, 9.17) is 0 Å². The molecule has 0 saturated carbocycles.